The number of hydrogen-bond acceptors (Lipinski definition) is 5. The van der Waals surface area contributed by atoms with E-state index in [2.05, 4.69) is 10.6 Å². The van der Waals surface area contributed by atoms with Gasteiger partial charge < -0.3 is 15.5 Å². The van der Waals surface area contributed by atoms with E-state index in [4.69, 9.17) is 0 Å². The van der Waals surface area contributed by atoms with Crippen LogP contribution in [0.4, 0.5) is 0 Å². The summed E-state index contributed by atoms with van der Waals surface area (Å²) in [6, 6.07) is 6.28. The summed E-state index contributed by atoms with van der Waals surface area (Å²) in [4.78, 5) is 40.7. The molecule has 1 fully saturated rings. The number of carbonyl (C=O) groups excluding carboxylic acids is 3. The molecule has 1 saturated heterocycles. The Kier molecular flexibility index (Phi) is 6.53. The van der Waals surface area contributed by atoms with Crippen molar-refractivity contribution >= 4 is 41.2 Å². The molecule has 6 nitrogen and oxygen atoms in total. The molecule has 158 valence electrons. The van der Waals surface area contributed by atoms with Crippen molar-refractivity contribution in [3.63, 3.8) is 0 Å². The third-order valence-electron chi connectivity index (χ3n) is 5.22. The quantitative estimate of drug-likeness (QED) is 0.689. The number of thioether (sulfide) groups is 2. The summed E-state index contributed by atoms with van der Waals surface area (Å²) in [6.45, 7) is 7.77. The van der Waals surface area contributed by atoms with Gasteiger partial charge in [0.05, 0.1) is 0 Å². The molecule has 0 radical (unpaired) electrons. The Balaban J connectivity index is 1.83. The third-order valence-corrected chi connectivity index (χ3v) is 7.40. The van der Waals surface area contributed by atoms with Crippen LogP contribution in [0.25, 0.3) is 0 Å². The minimum absolute atomic E-state index is 0.00584. The van der Waals surface area contributed by atoms with Gasteiger partial charge in [0.1, 0.15) is 17.5 Å². The van der Waals surface area contributed by atoms with Crippen molar-refractivity contribution in [3.05, 3.63) is 35.4 Å². The molecule has 1 aromatic carbocycles. The molecule has 0 aromatic heterocycles. The number of nitrogens with zero attached hydrogens (tertiary/aromatic N) is 1. The maximum atomic E-state index is 13.4. The van der Waals surface area contributed by atoms with Gasteiger partial charge in [0, 0.05) is 16.4 Å². The van der Waals surface area contributed by atoms with Gasteiger partial charge in [0.15, 0.2) is 0 Å². The van der Waals surface area contributed by atoms with Gasteiger partial charge in [-0.3, -0.25) is 14.4 Å². The number of hydrogen-bond donors (Lipinski definition) is 2. The Hall–Kier alpha value is -1.67. The molecule has 3 atom stereocenters. The van der Waals surface area contributed by atoms with Gasteiger partial charge >= 0.3 is 0 Å². The number of amides is 3. The lowest BCUT2D eigenvalue weighted by molar-refractivity contribution is -0.132. The van der Waals surface area contributed by atoms with Crippen molar-refractivity contribution in [2.45, 2.75) is 62.4 Å². The van der Waals surface area contributed by atoms with Crippen LogP contribution in [0.3, 0.4) is 0 Å². The van der Waals surface area contributed by atoms with Gasteiger partial charge in [0.25, 0.3) is 5.91 Å². The molecule has 2 aliphatic heterocycles. The highest BCUT2D eigenvalue weighted by atomic mass is 32.2. The van der Waals surface area contributed by atoms with Crippen LogP contribution in [0.1, 0.15) is 55.4 Å². The van der Waals surface area contributed by atoms with Gasteiger partial charge in [-0.15, -0.1) is 11.8 Å². The number of benzene rings is 1. The second-order valence-electron chi connectivity index (χ2n) is 8.28. The van der Waals surface area contributed by atoms with Crippen molar-refractivity contribution in [1.82, 2.24) is 15.5 Å². The molecule has 0 saturated carbocycles. The molecule has 8 heteroatoms. The average Bonchev–Trinajstić information content (AvgIpc) is 3.08. The first kappa shape index (κ1) is 22.0. The molecule has 1 aromatic rings. The van der Waals surface area contributed by atoms with Gasteiger partial charge in [-0.1, -0.05) is 18.2 Å². The molecule has 29 heavy (non-hydrogen) atoms. The van der Waals surface area contributed by atoms with Crippen LogP contribution in [0, 0.1) is 0 Å². The van der Waals surface area contributed by atoms with Crippen LogP contribution < -0.4 is 10.6 Å². The molecule has 2 aliphatic rings. The SMILES string of the molecule is CSCC[C@H](NC(=O)[C@H]1N2C(=O)c3ccccc3[C@@H]2SC1(C)C)C(=O)NC(C)C. The second kappa shape index (κ2) is 8.60. The van der Waals surface area contributed by atoms with E-state index in [1.807, 2.05) is 58.2 Å². The van der Waals surface area contributed by atoms with E-state index in [-0.39, 0.29) is 29.1 Å². The lowest BCUT2D eigenvalue weighted by atomic mass is 10.00. The number of carbonyl (C=O) groups is 3. The first-order valence-electron chi connectivity index (χ1n) is 9.86. The Labute approximate surface area is 180 Å². The average molecular weight is 436 g/mol. The number of nitrogens with one attached hydrogen (secondary N) is 2. The topological polar surface area (TPSA) is 78.5 Å². The van der Waals surface area contributed by atoms with Crippen LogP contribution in [0.15, 0.2) is 24.3 Å². The van der Waals surface area contributed by atoms with E-state index < -0.39 is 16.8 Å². The fourth-order valence-corrected chi connectivity index (χ4v) is 6.00. The number of fused-ring (bicyclic) bond motifs is 3. The van der Waals surface area contributed by atoms with E-state index in [9.17, 15) is 14.4 Å². The lowest BCUT2D eigenvalue weighted by Crippen LogP contribution is -2.57. The van der Waals surface area contributed by atoms with Gasteiger partial charge in [-0.25, -0.2) is 0 Å². The smallest absolute Gasteiger partial charge is 0.256 e. The Morgan fingerprint density at radius 2 is 1.93 bits per heavy atom. The maximum absolute atomic E-state index is 13.4. The van der Waals surface area contributed by atoms with Crippen molar-refractivity contribution in [2.75, 3.05) is 12.0 Å². The zero-order chi connectivity index (χ0) is 21.3. The zero-order valence-electron chi connectivity index (χ0n) is 17.5. The predicted molar refractivity (Wildman–Crippen MR) is 119 cm³/mol. The lowest BCUT2D eigenvalue weighted by Gasteiger charge is -2.31. The van der Waals surface area contributed by atoms with E-state index >= 15 is 0 Å². The summed E-state index contributed by atoms with van der Waals surface area (Å²) in [5, 5.41) is 5.66. The van der Waals surface area contributed by atoms with Crippen molar-refractivity contribution in [2.24, 2.45) is 0 Å². The van der Waals surface area contributed by atoms with Gasteiger partial charge in [-0.2, -0.15) is 11.8 Å². The van der Waals surface area contributed by atoms with Crippen molar-refractivity contribution in [3.8, 4) is 0 Å². The highest BCUT2D eigenvalue weighted by Crippen LogP contribution is 2.56. The van der Waals surface area contributed by atoms with Gasteiger partial charge in [0.2, 0.25) is 11.8 Å². The van der Waals surface area contributed by atoms with E-state index in [0.29, 0.717) is 12.0 Å². The van der Waals surface area contributed by atoms with Crippen LogP contribution in [0.2, 0.25) is 0 Å². The Morgan fingerprint density at radius 1 is 1.24 bits per heavy atom. The van der Waals surface area contributed by atoms with Gasteiger partial charge in [-0.05, 0) is 57.8 Å². The summed E-state index contributed by atoms with van der Waals surface area (Å²) in [6.07, 6.45) is 2.52. The van der Waals surface area contributed by atoms with Crippen molar-refractivity contribution < 1.29 is 14.4 Å². The van der Waals surface area contributed by atoms with Crippen molar-refractivity contribution in [1.29, 1.82) is 0 Å². The minimum atomic E-state index is -0.638. The van der Waals surface area contributed by atoms with E-state index in [1.54, 1.807) is 28.4 Å². The molecular formula is C21H29N3O3S2. The second-order valence-corrected chi connectivity index (χ2v) is 11.0. The minimum Gasteiger partial charge on any atom is -0.352 e. The summed E-state index contributed by atoms with van der Waals surface area (Å²) < 4.78 is -0.462. The van der Waals surface area contributed by atoms with Crippen LogP contribution in [-0.4, -0.2) is 57.5 Å². The summed E-state index contributed by atoms with van der Waals surface area (Å²) >= 11 is 3.26. The first-order valence-corrected chi connectivity index (χ1v) is 12.1. The third kappa shape index (κ3) is 4.28. The maximum Gasteiger partial charge on any atom is 0.256 e. The largest absolute Gasteiger partial charge is 0.352 e. The monoisotopic (exact) mass is 435 g/mol. The summed E-state index contributed by atoms with van der Waals surface area (Å²) in [5.74, 6) is 0.196. The van der Waals surface area contributed by atoms with E-state index in [1.165, 1.54) is 0 Å². The fraction of sp³-hybridized carbons (Fsp3) is 0.571. The molecular weight excluding hydrogens is 406 g/mol. The first-order chi connectivity index (χ1) is 13.7. The standard InChI is InChI=1S/C21H29N3O3S2/c1-12(2)22-17(25)15(10-11-28-5)23-18(26)16-21(3,4)29-20-14-9-7-6-8-13(14)19(27)24(16)20/h6-9,12,15-16,20H,10-11H2,1-5H3,(H,22,25)(H,23,26)/t15-,16+,20-/m0/s1. The molecule has 0 spiro atoms. The van der Waals surface area contributed by atoms with Crippen LogP contribution in [-0.2, 0) is 9.59 Å². The van der Waals surface area contributed by atoms with E-state index in [0.717, 1.165) is 11.3 Å². The summed E-state index contributed by atoms with van der Waals surface area (Å²) in [7, 11) is 0. The normalized spacial score (nSPS) is 23.0. The molecule has 2 N–H and O–H groups in total. The fourth-order valence-electron chi connectivity index (χ4n) is 3.94. The molecule has 0 unspecified atom stereocenters. The zero-order valence-corrected chi connectivity index (χ0v) is 19.2. The molecule has 3 rings (SSSR count). The highest BCUT2D eigenvalue weighted by molar-refractivity contribution is 8.01. The summed E-state index contributed by atoms with van der Waals surface area (Å²) in [5.41, 5.74) is 1.62. The van der Waals surface area contributed by atoms with Crippen LogP contribution in [0.5, 0.6) is 0 Å². The highest BCUT2D eigenvalue weighted by Gasteiger charge is 2.57. The van der Waals surface area contributed by atoms with Crippen LogP contribution >= 0.6 is 23.5 Å². The predicted octanol–water partition coefficient (Wildman–Crippen LogP) is 2.80. The Morgan fingerprint density at radius 3 is 2.59 bits per heavy atom. The number of rotatable bonds is 7. The molecule has 0 aliphatic carbocycles. The molecule has 3 amide bonds. The Bertz CT molecular complexity index is 812. The molecule has 0 bridgehead atoms. The molecule has 2 heterocycles.